The molecule has 7 nitrogen and oxygen atoms in total. The molecule has 0 saturated carbocycles. The number of carbonyl (C=O) groups excluding carboxylic acids is 1. The fourth-order valence-corrected chi connectivity index (χ4v) is 2.45. The zero-order valence-corrected chi connectivity index (χ0v) is 13.0. The zero-order valence-electron chi connectivity index (χ0n) is 13.0. The Labute approximate surface area is 134 Å². The molecule has 1 N–H and O–H groups in total. The summed E-state index contributed by atoms with van der Waals surface area (Å²) in [5.74, 6) is 2.21. The third-order valence-electron chi connectivity index (χ3n) is 3.77. The lowest BCUT2D eigenvalue weighted by molar-refractivity contribution is -0.118. The quantitative estimate of drug-likeness (QED) is 0.844. The molecule has 2 heterocycles. The molecule has 0 unspecified atom stereocenters. The van der Waals surface area contributed by atoms with Gasteiger partial charge in [-0.05, 0) is 30.3 Å². The van der Waals surface area contributed by atoms with Gasteiger partial charge in [0.2, 0.25) is 12.4 Å². The highest BCUT2D eigenvalue weighted by Crippen LogP contribution is 2.20. The molecule has 0 spiro atoms. The van der Waals surface area contributed by atoms with E-state index in [4.69, 9.17) is 4.74 Å². The summed E-state index contributed by atoms with van der Waals surface area (Å²) in [6.45, 7) is 2.99. The second kappa shape index (κ2) is 6.95. The summed E-state index contributed by atoms with van der Waals surface area (Å²) >= 11 is 0. The average Bonchev–Trinajstić information content (AvgIpc) is 2.63. The van der Waals surface area contributed by atoms with E-state index in [-0.39, 0.29) is 0 Å². The van der Waals surface area contributed by atoms with Crippen molar-refractivity contribution in [1.29, 1.82) is 0 Å². The number of piperazine rings is 1. The van der Waals surface area contributed by atoms with Crippen molar-refractivity contribution in [3.8, 4) is 5.75 Å². The first-order valence-corrected chi connectivity index (χ1v) is 7.47. The Bertz CT molecular complexity index is 654. The van der Waals surface area contributed by atoms with Crippen LogP contribution in [0.25, 0.3) is 0 Å². The molecular weight excluding hydrogens is 294 g/mol. The normalized spacial score (nSPS) is 14.5. The van der Waals surface area contributed by atoms with Crippen LogP contribution in [0.5, 0.6) is 5.75 Å². The van der Waals surface area contributed by atoms with Crippen molar-refractivity contribution in [3.63, 3.8) is 0 Å². The Hall–Kier alpha value is -2.83. The van der Waals surface area contributed by atoms with Crippen LogP contribution in [0.4, 0.5) is 17.5 Å². The highest BCUT2D eigenvalue weighted by molar-refractivity contribution is 5.56. The average molecular weight is 313 g/mol. The van der Waals surface area contributed by atoms with Crippen LogP contribution in [-0.2, 0) is 4.79 Å². The monoisotopic (exact) mass is 313 g/mol. The molecule has 0 aliphatic carbocycles. The largest absolute Gasteiger partial charge is 0.497 e. The predicted octanol–water partition coefficient (Wildman–Crippen LogP) is 1.51. The van der Waals surface area contributed by atoms with Crippen molar-refractivity contribution in [3.05, 3.63) is 36.5 Å². The van der Waals surface area contributed by atoms with Crippen molar-refractivity contribution in [2.24, 2.45) is 0 Å². The second-order valence-electron chi connectivity index (χ2n) is 5.22. The lowest BCUT2D eigenvalue weighted by atomic mass is 10.3. The number of nitrogens with one attached hydrogen (secondary N) is 1. The lowest BCUT2D eigenvalue weighted by Gasteiger charge is -2.33. The van der Waals surface area contributed by atoms with Gasteiger partial charge in [0, 0.05) is 38.1 Å². The Morgan fingerprint density at radius 1 is 1.13 bits per heavy atom. The van der Waals surface area contributed by atoms with Crippen molar-refractivity contribution < 1.29 is 9.53 Å². The molecule has 1 aliphatic heterocycles. The molecule has 0 atom stereocenters. The summed E-state index contributed by atoms with van der Waals surface area (Å²) in [6.07, 6.45) is 2.63. The van der Waals surface area contributed by atoms with Crippen LogP contribution in [0.15, 0.2) is 36.5 Å². The number of carbonyl (C=O) groups is 1. The smallest absolute Gasteiger partial charge is 0.229 e. The third-order valence-corrected chi connectivity index (χ3v) is 3.77. The van der Waals surface area contributed by atoms with Crippen LogP contribution < -0.4 is 15.0 Å². The third kappa shape index (κ3) is 3.68. The zero-order chi connectivity index (χ0) is 16.1. The highest BCUT2D eigenvalue weighted by Gasteiger charge is 2.17. The molecule has 1 aromatic heterocycles. The minimum atomic E-state index is 0.547. The SMILES string of the molecule is COc1ccc(Nc2nccc(N3CCN(C=O)CC3)n2)cc1. The van der Waals surface area contributed by atoms with Gasteiger partial charge in [-0.25, -0.2) is 4.98 Å². The van der Waals surface area contributed by atoms with Gasteiger partial charge in [0.25, 0.3) is 0 Å². The van der Waals surface area contributed by atoms with E-state index in [9.17, 15) is 4.79 Å². The van der Waals surface area contributed by atoms with Gasteiger partial charge >= 0.3 is 0 Å². The summed E-state index contributed by atoms with van der Waals surface area (Å²) in [4.78, 5) is 23.5. The summed E-state index contributed by atoms with van der Waals surface area (Å²) in [5, 5.41) is 3.18. The minimum absolute atomic E-state index is 0.547. The summed E-state index contributed by atoms with van der Waals surface area (Å²) in [7, 11) is 1.64. The van der Waals surface area contributed by atoms with Gasteiger partial charge in [-0.1, -0.05) is 0 Å². The summed E-state index contributed by atoms with van der Waals surface area (Å²) in [6, 6.07) is 9.47. The number of anilines is 3. The first kappa shape index (κ1) is 15.1. The summed E-state index contributed by atoms with van der Waals surface area (Å²) in [5.41, 5.74) is 0.897. The van der Waals surface area contributed by atoms with Gasteiger partial charge in [-0.15, -0.1) is 0 Å². The second-order valence-corrected chi connectivity index (χ2v) is 5.22. The standard InChI is InChI=1S/C16H19N5O2/c1-23-14-4-2-13(3-5-14)18-16-17-7-6-15(19-16)21-10-8-20(12-22)9-11-21/h2-7,12H,8-11H2,1H3,(H,17,18,19). The topological polar surface area (TPSA) is 70.6 Å². The van der Waals surface area contributed by atoms with E-state index < -0.39 is 0 Å². The molecule has 1 fully saturated rings. The van der Waals surface area contributed by atoms with Gasteiger partial charge in [-0.2, -0.15) is 4.98 Å². The van der Waals surface area contributed by atoms with E-state index in [2.05, 4.69) is 20.2 Å². The summed E-state index contributed by atoms with van der Waals surface area (Å²) < 4.78 is 5.14. The highest BCUT2D eigenvalue weighted by atomic mass is 16.5. The molecule has 120 valence electrons. The Balaban J connectivity index is 1.68. The van der Waals surface area contributed by atoms with E-state index in [1.165, 1.54) is 0 Å². The Kier molecular flexibility index (Phi) is 4.56. The number of aromatic nitrogens is 2. The lowest BCUT2D eigenvalue weighted by Crippen LogP contribution is -2.46. The maximum atomic E-state index is 10.8. The number of ether oxygens (including phenoxy) is 1. The van der Waals surface area contributed by atoms with Crippen LogP contribution in [0.3, 0.4) is 0 Å². The molecule has 0 bridgehead atoms. The van der Waals surface area contributed by atoms with Crippen LogP contribution in [0.2, 0.25) is 0 Å². The van der Waals surface area contributed by atoms with Gasteiger partial charge in [0.1, 0.15) is 11.6 Å². The number of amides is 1. The number of nitrogens with zero attached hydrogens (tertiary/aromatic N) is 4. The fourth-order valence-electron chi connectivity index (χ4n) is 2.45. The van der Waals surface area contributed by atoms with Crippen LogP contribution in [-0.4, -0.2) is 54.6 Å². The molecule has 1 aliphatic rings. The van der Waals surface area contributed by atoms with E-state index in [1.807, 2.05) is 30.3 Å². The molecule has 23 heavy (non-hydrogen) atoms. The van der Waals surface area contributed by atoms with Gasteiger partial charge in [-0.3, -0.25) is 4.79 Å². The molecule has 7 heteroatoms. The number of benzene rings is 1. The first-order valence-electron chi connectivity index (χ1n) is 7.47. The van der Waals surface area contributed by atoms with E-state index in [1.54, 1.807) is 18.2 Å². The minimum Gasteiger partial charge on any atom is -0.497 e. The molecule has 1 amide bonds. The van der Waals surface area contributed by atoms with Gasteiger partial charge in [0.05, 0.1) is 7.11 Å². The van der Waals surface area contributed by atoms with Gasteiger partial charge < -0.3 is 19.9 Å². The first-order chi connectivity index (χ1) is 11.3. The number of rotatable bonds is 5. The van der Waals surface area contributed by atoms with Gasteiger partial charge in [0.15, 0.2) is 0 Å². The van der Waals surface area contributed by atoms with Crippen molar-refractivity contribution >= 4 is 23.9 Å². The number of methoxy groups -OCH3 is 1. The van der Waals surface area contributed by atoms with Crippen LogP contribution in [0.1, 0.15) is 0 Å². The fraction of sp³-hybridized carbons (Fsp3) is 0.312. The van der Waals surface area contributed by atoms with E-state index >= 15 is 0 Å². The Morgan fingerprint density at radius 3 is 2.52 bits per heavy atom. The molecule has 3 rings (SSSR count). The van der Waals surface area contributed by atoms with E-state index in [0.29, 0.717) is 5.95 Å². The molecular formula is C16H19N5O2. The van der Waals surface area contributed by atoms with Crippen molar-refractivity contribution in [2.45, 2.75) is 0 Å². The van der Waals surface area contributed by atoms with Crippen molar-refractivity contribution in [2.75, 3.05) is 43.5 Å². The van der Waals surface area contributed by atoms with E-state index in [0.717, 1.165) is 49.8 Å². The maximum Gasteiger partial charge on any atom is 0.229 e. The molecule has 1 aromatic carbocycles. The maximum absolute atomic E-state index is 10.8. The molecule has 2 aromatic rings. The number of hydrogen-bond donors (Lipinski definition) is 1. The van der Waals surface area contributed by atoms with Crippen LogP contribution >= 0.6 is 0 Å². The van der Waals surface area contributed by atoms with Crippen molar-refractivity contribution in [1.82, 2.24) is 14.9 Å². The predicted molar refractivity (Wildman–Crippen MR) is 88.2 cm³/mol. The molecule has 0 radical (unpaired) electrons. The number of hydrogen-bond acceptors (Lipinski definition) is 6. The van der Waals surface area contributed by atoms with Crippen LogP contribution in [0, 0.1) is 0 Å². The molecule has 1 saturated heterocycles. The Morgan fingerprint density at radius 2 is 1.87 bits per heavy atom.